The fourth-order valence-electron chi connectivity index (χ4n) is 3.65. The average molecular weight is 273 g/mol. The van der Waals surface area contributed by atoms with Crippen molar-refractivity contribution in [1.82, 2.24) is 9.97 Å². The first-order chi connectivity index (χ1) is 9.57. The van der Waals surface area contributed by atoms with E-state index < -0.39 is 0 Å². The molecule has 20 heavy (non-hydrogen) atoms. The zero-order valence-electron chi connectivity index (χ0n) is 12.9. The molecule has 3 rings (SSSR count). The predicted octanol–water partition coefficient (Wildman–Crippen LogP) is 3.22. The maximum atomic E-state index is 5.79. The first-order valence-corrected chi connectivity index (χ1v) is 8.12. The van der Waals surface area contributed by atoms with Gasteiger partial charge in [0.2, 0.25) is 0 Å². The number of nitrogens with two attached hydrogens (primary N) is 1. The van der Waals surface area contributed by atoms with E-state index in [0.29, 0.717) is 17.3 Å². The Balaban J connectivity index is 1.73. The fourth-order valence-corrected chi connectivity index (χ4v) is 3.65. The Kier molecular flexibility index (Phi) is 3.80. The lowest BCUT2D eigenvalue weighted by atomic mass is 9.73. The molecule has 0 aliphatic heterocycles. The van der Waals surface area contributed by atoms with Crippen LogP contribution in [-0.4, -0.2) is 16.5 Å². The fraction of sp³-hybridized carbons (Fsp3) is 0.765. The largest absolute Gasteiger partial charge is 0.330 e. The minimum absolute atomic E-state index is 0.513. The Morgan fingerprint density at radius 2 is 2.00 bits per heavy atom. The summed E-state index contributed by atoms with van der Waals surface area (Å²) in [6, 6.07) is 0. The summed E-state index contributed by atoms with van der Waals surface area (Å²) in [6.45, 7) is 5.55. The highest BCUT2D eigenvalue weighted by molar-refractivity contribution is 5.22. The molecule has 1 aromatic heterocycles. The predicted molar refractivity (Wildman–Crippen MR) is 81.6 cm³/mol. The van der Waals surface area contributed by atoms with Crippen LogP contribution in [0.5, 0.6) is 0 Å². The van der Waals surface area contributed by atoms with Gasteiger partial charge in [-0.2, -0.15) is 0 Å². The second-order valence-electron chi connectivity index (χ2n) is 7.48. The van der Waals surface area contributed by atoms with E-state index in [1.54, 1.807) is 0 Å². The molecular formula is C17H27N3. The maximum Gasteiger partial charge on any atom is 0.131 e. The molecule has 0 aromatic carbocycles. The Bertz CT molecular complexity index is 471. The molecule has 2 aliphatic carbocycles. The summed E-state index contributed by atoms with van der Waals surface area (Å²) in [5, 5.41) is 0. The number of fused-ring (bicyclic) bond motifs is 1. The van der Waals surface area contributed by atoms with Crippen molar-refractivity contribution in [1.29, 1.82) is 0 Å². The van der Waals surface area contributed by atoms with E-state index in [-0.39, 0.29) is 0 Å². The Hall–Kier alpha value is -0.960. The molecular weight excluding hydrogens is 246 g/mol. The summed E-state index contributed by atoms with van der Waals surface area (Å²) < 4.78 is 0. The van der Waals surface area contributed by atoms with Gasteiger partial charge in [-0.25, -0.2) is 9.97 Å². The van der Waals surface area contributed by atoms with Gasteiger partial charge in [0, 0.05) is 17.8 Å². The number of hydrogen-bond donors (Lipinski definition) is 1. The van der Waals surface area contributed by atoms with Gasteiger partial charge in [0.15, 0.2) is 0 Å². The third kappa shape index (κ3) is 2.88. The molecule has 0 spiro atoms. The van der Waals surface area contributed by atoms with Gasteiger partial charge in [-0.15, -0.1) is 0 Å². The zero-order valence-corrected chi connectivity index (χ0v) is 12.9. The first-order valence-electron chi connectivity index (χ1n) is 8.12. The Labute approximate surface area is 122 Å². The molecule has 1 unspecified atom stereocenters. The Morgan fingerprint density at radius 1 is 1.25 bits per heavy atom. The van der Waals surface area contributed by atoms with Crippen molar-refractivity contribution >= 4 is 0 Å². The van der Waals surface area contributed by atoms with Crippen molar-refractivity contribution in [3.63, 3.8) is 0 Å². The third-order valence-corrected chi connectivity index (χ3v) is 5.31. The van der Waals surface area contributed by atoms with E-state index in [9.17, 15) is 0 Å². The van der Waals surface area contributed by atoms with Crippen LogP contribution in [0.4, 0.5) is 0 Å². The molecule has 1 atom stereocenters. The van der Waals surface area contributed by atoms with E-state index in [0.717, 1.165) is 25.2 Å². The minimum Gasteiger partial charge on any atom is -0.330 e. The molecule has 1 saturated carbocycles. The van der Waals surface area contributed by atoms with E-state index >= 15 is 0 Å². The van der Waals surface area contributed by atoms with Crippen molar-refractivity contribution in [3.8, 4) is 0 Å². The number of aryl methyl sites for hydroxylation is 1. The monoisotopic (exact) mass is 273 g/mol. The van der Waals surface area contributed by atoms with Gasteiger partial charge in [-0.1, -0.05) is 13.8 Å². The molecule has 0 bridgehead atoms. The van der Waals surface area contributed by atoms with Gasteiger partial charge in [-0.05, 0) is 68.4 Å². The molecule has 110 valence electrons. The standard InChI is InChI=1S/C17H27N3/c1-17(2)7-5-13(6-8-17)16-19-11-14-9-12(10-18)3-4-15(14)20-16/h11-13H,3-10,18H2,1-2H3. The van der Waals surface area contributed by atoms with Crippen LogP contribution in [0, 0.1) is 11.3 Å². The lowest BCUT2D eigenvalue weighted by Crippen LogP contribution is -2.25. The van der Waals surface area contributed by atoms with Crippen LogP contribution >= 0.6 is 0 Å². The highest BCUT2D eigenvalue weighted by Crippen LogP contribution is 2.41. The summed E-state index contributed by atoms with van der Waals surface area (Å²) in [4.78, 5) is 9.58. The summed E-state index contributed by atoms with van der Waals surface area (Å²) in [5.74, 6) is 2.32. The number of hydrogen-bond acceptors (Lipinski definition) is 3. The average Bonchev–Trinajstić information content (AvgIpc) is 2.46. The van der Waals surface area contributed by atoms with Crippen LogP contribution in [-0.2, 0) is 12.8 Å². The van der Waals surface area contributed by atoms with Crippen LogP contribution in [0.2, 0.25) is 0 Å². The summed E-state index contributed by atoms with van der Waals surface area (Å²) in [7, 11) is 0. The van der Waals surface area contributed by atoms with E-state index in [1.165, 1.54) is 43.4 Å². The van der Waals surface area contributed by atoms with Gasteiger partial charge in [0.1, 0.15) is 5.82 Å². The summed E-state index contributed by atoms with van der Waals surface area (Å²) in [5.41, 5.74) is 8.94. The topological polar surface area (TPSA) is 51.8 Å². The van der Waals surface area contributed by atoms with Gasteiger partial charge >= 0.3 is 0 Å². The van der Waals surface area contributed by atoms with E-state index in [2.05, 4.69) is 25.0 Å². The highest BCUT2D eigenvalue weighted by atomic mass is 14.9. The lowest BCUT2D eigenvalue weighted by Gasteiger charge is -2.34. The molecule has 2 aliphatic rings. The number of aromatic nitrogens is 2. The first kappa shape index (κ1) is 14.0. The summed E-state index contributed by atoms with van der Waals surface area (Å²) in [6.07, 6.45) is 10.5. The molecule has 1 fully saturated rings. The molecule has 3 nitrogen and oxygen atoms in total. The number of nitrogens with zero attached hydrogens (tertiary/aromatic N) is 2. The molecule has 1 heterocycles. The normalized spacial score (nSPS) is 26.2. The maximum absolute atomic E-state index is 5.79. The minimum atomic E-state index is 0.513. The van der Waals surface area contributed by atoms with E-state index in [4.69, 9.17) is 10.7 Å². The number of rotatable bonds is 2. The SMILES string of the molecule is CC1(C)CCC(c2ncc3c(n2)CCC(CN)C3)CC1. The molecule has 1 aromatic rings. The molecule has 3 heteroatoms. The second kappa shape index (κ2) is 5.44. The van der Waals surface area contributed by atoms with Crippen molar-refractivity contribution in [3.05, 3.63) is 23.3 Å². The van der Waals surface area contributed by atoms with Crippen LogP contribution in [0.25, 0.3) is 0 Å². The van der Waals surface area contributed by atoms with Gasteiger partial charge in [0.25, 0.3) is 0 Å². The van der Waals surface area contributed by atoms with Gasteiger partial charge in [0.05, 0.1) is 0 Å². The lowest BCUT2D eigenvalue weighted by molar-refractivity contribution is 0.220. The van der Waals surface area contributed by atoms with Crippen LogP contribution in [0.1, 0.15) is 69.0 Å². The zero-order chi connectivity index (χ0) is 14.2. The molecule has 2 N–H and O–H groups in total. The van der Waals surface area contributed by atoms with Crippen molar-refractivity contribution in [2.45, 2.75) is 64.7 Å². The van der Waals surface area contributed by atoms with Crippen molar-refractivity contribution in [2.75, 3.05) is 6.54 Å². The quantitative estimate of drug-likeness (QED) is 0.900. The van der Waals surface area contributed by atoms with Crippen LogP contribution in [0.3, 0.4) is 0 Å². The van der Waals surface area contributed by atoms with Crippen molar-refractivity contribution in [2.24, 2.45) is 17.1 Å². The van der Waals surface area contributed by atoms with E-state index in [1.807, 2.05) is 0 Å². The molecule has 0 saturated heterocycles. The highest BCUT2D eigenvalue weighted by Gasteiger charge is 2.29. The van der Waals surface area contributed by atoms with Gasteiger partial charge in [-0.3, -0.25) is 0 Å². The summed E-state index contributed by atoms with van der Waals surface area (Å²) >= 11 is 0. The second-order valence-corrected chi connectivity index (χ2v) is 7.48. The molecule has 0 amide bonds. The molecule has 0 radical (unpaired) electrons. The third-order valence-electron chi connectivity index (χ3n) is 5.31. The Morgan fingerprint density at radius 3 is 2.70 bits per heavy atom. The van der Waals surface area contributed by atoms with Gasteiger partial charge < -0.3 is 5.73 Å². The van der Waals surface area contributed by atoms with Crippen molar-refractivity contribution < 1.29 is 0 Å². The van der Waals surface area contributed by atoms with Crippen LogP contribution in [0.15, 0.2) is 6.20 Å². The van der Waals surface area contributed by atoms with Crippen LogP contribution < -0.4 is 5.73 Å². The smallest absolute Gasteiger partial charge is 0.131 e.